The fourth-order valence-corrected chi connectivity index (χ4v) is 4.78. The molecule has 0 aliphatic heterocycles. The van der Waals surface area contributed by atoms with E-state index >= 15 is 0 Å². The number of fused-ring (bicyclic) bond motifs is 1. The Morgan fingerprint density at radius 3 is 2.57 bits per heavy atom. The van der Waals surface area contributed by atoms with Crippen molar-refractivity contribution in [3.63, 3.8) is 0 Å². The number of esters is 1. The Morgan fingerprint density at radius 2 is 1.93 bits per heavy atom. The Hall–Kier alpha value is -1.47. The molecule has 9 heteroatoms. The number of carbonyl (C=O) groups excluding carboxylic acids is 2. The molecule has 1 aromatic carbocycles. The quantitative estimate of drug-likeness (QED) is 0.378. The van der Waals surface area contributed by atoms with Gasteiger partial charge in [-0.3, -0.25) is 4.79 Å². The van der Waals surface area contributed by atoms with Crippen LogP contribution in [0.3, 0.4) is 0 Å². The van der Waals surface area contributed by atoms with Crippen LogP contribution in [0.1, 0.15) is 32.8 Å². The normalized spacial score (nSPS) is 14.3. The van der Waals surface area contributed by atoms with Gasteiger partial charge in [0, 0.05) is 4.88 Å². The number of halogens is 3. The molecule has 1 amide bonds. The van der Waals surface area contributed by atoms with Crippen molar-refractivity contribution < 1.29 is 14.3 Å². The van der Waals surface area contributed by atoms with E-state index in [1.807, 2.05) is 30.3 Å². The number of hydrogen-bond acceptors (Lipinski definition) is 5. The Kier molecular flexibility index (Phi) is 6.76. The molecular formula is C19H19Cl3N2O3S. The molecule has 0 saturated carbocycles. The Bertz CT molecular complexity index is 865. The van der Waals surface area contributed by atoms with E-state index < -0.39 is 15.9 Å². The first-order valence-corrected chi connectivity index (χ1v) is 10.6. The Morgan fingerprint density at radius 1 is 1.21 bits per heavy atom. The molecular weight excluding hydrogens is 443 g/mol. The molecule has 3 rings (SSSR count). The summed E-state index contributed by atoms with van der Waals surface area (Å²) in [7, 11) is 1.33. The van der Waals surface area contributed by atoms with Gasteiger partial charge in [0.1, 0.15) is 11.2 Å². The number of amides is 1. The number of rotatable bonds is 6. The number of aryl methyl sites for hydroxylation is 1. The van der Waals surface area contributed by atoms with Crippen molar-refractivity contribution in [2.45, 2.75) is 35.6 Å². The summed E-state index contributed by atoms with van der Waals surface area (Å²) in [6, 6.07) is 9.26. The minimum absolute atomic E-state index is 0.143. The van der Waals surface area contributed by atoms with E-state index in [-0.39, 0.29) is 12.3 Å². The van der Waals surface area contributed by atoms with E-state index in [0.29, 0.717) is 10.6 Å². The van der Waals surface area contributed by atoms with Crippen molar-refractivity contribution in [2.75, 3.05) is 12.4 Å². The zero-order valence-electron chi connectivity index (χ0n) is 15.1. The summed E-state index contributed by atoms with van der Waals surface area (Å²) < 4.78 is 3.10. The predicted molar refractivity (Wildman–Crippen MR) is 114 cm³/mol. The highest BCUT2D eigenvalue weighted by Crippen LogP contribution is 2.41. The largest absolute Gasteiger partial charge is 0.465 e. The standard InChI is InChI=1S/C19H19Cl3N2O3S/c1-27-17(26)15-12-8-5-9-13(12)28-16(15)24-18(19(20,21)22)23-14(25)10-11-6-3-2-4-7-11/h2-4,6-7,18,24H,5,8-10H2,1H3,(H,23,25)/t18-/m0/s1. The van der Waals surface area contributed by atoms with E-state index in [1.165, 1.54) is 18.4 Å². The number of anilines is 1. The zero-order valence-corrected chi connectivity index (χ0v) is 18.1. The lowest BCUT2D eigenvalue weighted by Crippen LogP contribution is -2.49. The van der Waals surface area contributed by atoms with Crippen LogP contribution in [0.15, 0.2) is 30.3 Å². The molecule has 5 nitrogen and oxygen atoms in total. The third-order valence-electron chi connectivity index (χ3n) is 4.43. The number of carbonyl (C=O) groups is 2. The lowest BCUT2D eigenvalue weighted by atomic mass is 10.1. The first-order valence-electron chi connectivity index (χ1n) is 8.69. The fourth-order valence-electron chi connectivity index (χ4n) is 3.15. The average molecular weight is 462 g/mol. The van der Waals surface area contributed by atoms with Crippen molar-refractivity contribution in [1.82, 2.24) is 5.32 Å². The van der Waals surface area contributed by atoms with Crippen LogP contribution in [-0.2, 0) is 28.8 Å². The van der Waals surface area contributed by atoms with Gasteiger partial charge in [0.15, 0.2) is 0 Å². The van der Waals surface area contributed by atoms with Gasteiger partial charge in [0.25, 0.3) is 0 Å². The van der Waals surface area contributed by atoms with Gasteiger partial charge in [-0.25, -0.2) is 4.79 Å². The molecule has 1 aliphatic rings. The number of hydrogen-bond donors (Lipinski definition) is 2. The van der Waals surface area contributed by atoms with Crippen LogP contribution < -0.4 is 10.6 Å². The van der Waals surface area contributed by atoms with E-state index in [4.69, 9.17) is 39.5 Å². The zero-order chi connectivity index (χ0) is 20.3. The first kappa shape index (κ1) is 21.2. The second-order valence-electron chi connectivity index (χ2n) is 6.40. The van der Waals surface area contributed by atoms with E-state index in [9.17, 15) is 9.59 Å². The van der Waals surface area contributed by atoms with Crippen LogP contribution in [-0.4, -0.2) is 28.9 Å². The van der Waals surface area contributed by atoms with Gasteiger partial charge in [-0.15, -0.1) is 11.3 Å². The second kappa shape index (κ2) is 8.91. The number of benzene rings is 1. The molecule has 0 spiro atoms. The van der Waals surface area contributed by atoms with Crippen molar-refractivity contribution >= 4 is 63.0 Å². The molecule has 28 heavy (non-hydrogen) atoms. The maximum absolute atomic E-state index is 12.5. The highest BCUT2D eigenvalue weighted by Gasteiger charge is 2.36. The third-order valence-corrected chi connectivity index (χ3v) is 6.30. The van der Waals surface area contributed by atoms with E-state index in [1.54, 1.807) is 0 Å². The molecule has 0 radical (unpaired) electrons. The van der Waals surface area contributed by atoms with Crippen molar-refractivity contribution in [3.8, 4) is 0 Å². The molecule has 150 valence electrons. The minimum Gasteiger partial charge on any atom is -0.465 e. The van der Waals surface area contributed by atoms with Crippen LogP contribution in [0, 0.1) is 0 Å². The van der Waals surface area contributed by atoms with Crippen LogP contribution >= 0.6 is 46.1 Å². The molecule has 0 fully saturated rings. The molecule has 2 N–H and O–H groups in total. The van der Waals surface area contributed by atoms with Gasteiger partial charge < -0.3 is 15.4 Å². The van der Waals surface area contributed by atoms with Crippen molar-refractivity contribution in [2.24, 2.45) is 0 Å². The highest BCUT2D eigenvalue weighted by molar-refractivity contribution is 7.16. The number of thiophene rings is 1. The summed E-state index contributed by atoms with van der Waals surface area (Å²) in [5.74, 6) is -0.751. The highest BCUT2D eigenvalue weighted by atomic mass is 35.6. The first-order chi connectivity index (χ1) is 13.3. The Labute approximate surface area is 182 Å². The fraction of sp³-hybridized carbons (Fsp3) is 0.368. The third kappa shape index (κ3) is 4.92. The monoisotopic (exact) mass is 460 g/mol. The molecule has 1 atom stereocenters. The summed E-state index contributed by atoms with van der Waals surface area (Å²) in [6.07, 6.45) is 1.81. The number of alkyl halides is 3. The second-order valence-corrected chi connectivity index (χ2v) is 9.88. The van der Waals surface area contributed by atoms with Gasteiger partial charge in [-0.05, 0) is 30.4 Å². The molecule has 0 unspecified atom stereocenters. The summed E-state index contributed by atoms with van der Waals surface area (Å²) in [6.45, 7) is 0. The average Bonchev–Trinajstić information content (AvgIpc) is 3.21. The van der Waals surface area contributed by atoms with Crippen molar-refractivity contribution in [3.05, 3.63) is 51.9 Å². The van der Waals surface area contributed by atoms with Crippen LogP contribution in [0.5, 0.6) is 0 Å². The topological polar surface area (TPSA) is 67.4 Å². The molecule has 1 aliphatic carbocycles. The Balaban J connectivity index is 1.80. The number of ether oxygens (including phenoxy) is 1. The molecule has 2 aromatic rings. The van der Waals surface area contributed by atoms with Crippen LogP contribution in [0.2, 0.25) is 0 Å². The van der Waals surface area contributed by atoms with Gasteiger partial charge in [0.2, 0.25) is 9.70 Å². The van der Waals surface area contributed by atoms with Gasteiger partial charge in [-0.2, -0.15) is 0 Å². The van der Waals surface area contributed by atoms with Gasteiger partial charge in [-0.1, -0.05) is 65.1 Å². The number of methoxy groups -OCH3 is 1. The number of nitrogens with one attached hydrogen (secondary N) is 2. The van der Waals surface area contributed by atoms with Crippen molar-refractivity contribution in [1.29, 1.82) is 0 Å². The minimum atomic E-state index is -1.83. The lowest BCUT2D eigenvalue weighted by Gasteiger charge is -2.27. The van der Waals surface area contributed by atoms with Crippen LogP contribution in [0.4, 0.5) is 5.00 Å². The molecule has 0 saturated heterocycles. The lowest BCUT2D eigenvalue weighted by molar-refractivity contribution is -0.120. The smallest absolute Gasteiger partial charge is 0.341 e. The van der Waals surface area contributed by atoms with Gasteiger partial charge >= 0.3 is 5.97 Å². The summed E-state index contributed by atoms with van der Waals surface area (Å²) in [4.78, 5) is 25.9. The SMILES string of the molecule is COC(=O)c1c(N[C@H](NC(=O)Cc2ccccc2)C(Cl)(Cl)Cl)sc2c1CCC2. The van der Waals surface area contributed by atoms with E-state index in [2.05, 4.69) is 10.6 Å². The predicted octanol–water partition coefficient (Wildman–Crippen LogP) is 4.49. The van der Waals surface area contributed by atoms with Crippen LogP contribution in [0.25, 0.3) is 0 Å². The molecule has 0 bridgehead atoms. The van der Waals surface area contributed by atoms with Gasteiger partial charge in [0.05, 0.1) is 19.1 Å². The van der Waals surface area contributed by atoms with E-state index in [0.717, 1.165) is 35.3 Å². The molecule has 1 aromatic heterocycles. The summed E-state index contributed by atoms with van der Waals surface area (Å²) in [5, 5.41) is 6.29. The maximum atomic E-state index is 12.5. The summed E-state index contributed by atoms with van der Waals surface area (Å²) >= 11 is 19.7. The maximum Gasteiger partial charge on any atom is 0.341 e. The molecule has 1 heterocycles. The summed E-state index contributed by atoms with van der Waals surface area (Å²) in [5.41, 5.74) is 2.27.